The number of aryl methyl sites for hydroxylation is 1. The van der Waals surface area contributed by atoms with Crippen molar-refractivity contribution in [1.82, 2.24) is 5.32 Å². The number of nitrogens with one attached hydrogen (secondary N) is 1. The molecule has 0 saturated heterocycles. The Balaban J connectivity index is 1.89. The molecule has 2 N–H and O–H groups in total. The first-order valence-electron chi connectivity index (χ1n) is 5.86. The maximum Gasteiger partial charge on any atom is 0.267 e. The van der Waals surface area contributed by atoms with Crippen LogP contribution in [0.25, 0.3) is 0 Å². The molecule has 0 amide bonds. The molecular formula is C12H16FNO3S. The molecule has 0 spiro atoms. The van der Waals surface area contributed by atoms with Gasteiger partial charge in [0.2, 0.25) is 0 Å². The molecule has 2 atom stereocenters. The molecule has 1 aromatic carbocycles. The molecule has 0 aliphatic heterocycles. The van der Waals surface area contributed by atoms with Crippen LogP contribution in [-0.2, 0) is 16.5 Å². The summed E-state index contributed by atoms with van der Waals surface area (Å²) in [6, 6.07) is 8.01. The highest BCUT2D eigenvalue weighted by atomic mass is 32.2. The number of halogens is 1. The lowest BCUT2D eigenvalue weighted by Gasteiger charge is -2.15. The number of hydrogen-bond donors (Lipinski definition) is 2. The van der Waals surface area contributed by atoms with Crippen molar-refractivity contribution in [2.75, 3.05) is 12.3 Å². The number of hydrogen-bond acceptors (Lipinski definition) is 3. The van der Waals surface area contributed by atoms with Crippen LogP contribution < -0.4 is 5.32 Å². The van der Waals surface area contributed by atoms with Crippen molar-refractivity contribution in [2.45, 2.75) is 25.1 Å². The van der Waals surface area contributed by atoms with Gasteiger partial charge in [-0.2, -0.15) is 8.42 Å². The zero-order chi connectivity index (χ0) is 13.2. The number of fused-ring (bicyclic) bond motifs is 1. The molecule has 2 rings (SSSR count). The van der Waals surface area contributed by atoms with Gasteiger partial charge in [-0.3, -0.25) is 4.55 Å². The van der Waals surface area contributed by atoms with Crippen LogP contribution in [-0.4, -0.2) is 31.4 Å². The third-order valence-corrected chi connectivity index (χ3v) is 3.89. The maximum absolute atomic E-state index is 13.3. The molecule has 100 valence electrons. The highest BCUT2D eigenvalue weighted by molar-refractivity contribution is 7.85. The van der Waals surface area contributed by atoms with Crippen LogP contribution in [0.3, 0.4) is 0 Å². The second-order valence-corrected chi connectivity index (χ2v) is 6.04. The molecule has 1 aromatic rings. The van der Waals surface area contributed by atoms with Crippen LogP contribution in [0.4, 0.5) is 4.39 Å². The second-order valence-electron chi connectivity index (χ2n) is 4.54. The minimum absolute atomic E-state index is 0.0702. The highest BCUT2D eigenvalue weighted by Gasteiger charge is 2.23. The summed E-state index contributed by atoms with van der Waals surface area (Å²) in [7, 11) is -4.24. The van der Waals surface area contributed by atoms with E-state index in [1.165, 1.54) is 5.56 Å². The van der Waals surface area contributed by atoms with Gasteiger partial charge < -0.3 is 5.32 Å². The van der Waals surface area contributed by atoms with Gasteiger partial charge >= 0.3 is 0 Å². The van der Waals surface area contributed by atoms with Crippen molar-refractivity contribution in [3.8, 4) is 0 Å². The Bertz CT molecular complexity index is 518. The Kier molecular flexibility index (Phi) is 3.99. The summed E-state index contributed by atoms with van der Waals surface area (Å²) < 4.78 is 42.9. The van der Waals surface area contributed by atoms with E-state index >= 15 is 0 Å². The number of rotatable bonds is 5. The minimum Gasteiger partial charge on any atom is -0.307 e. The first-order chi connectivity index (χ1) is 8.46. The summed E-state index contributed by atoms with van der Waals surface area (Å²) in [4.78, 5) is 0. The summed E-state index contributed by atoms with van der Waals surface area (Å²) >= 11 is 0. The molecule has 0 unspecified atom stereocenters. The molecule has 0 fully saturated rings. The van der Waals surface area contributed by atoms with E-state index in [1.807, 2.05) is 24.3 Å². The molecule has 6 heteroatoms. The van der Waals surface area contributed by atoms with Crippen LogP contribution in [0.15, 0.2) is 24.3 Å². The van der Waals surface area contributed by atoms with Gasteiger partial charge in [0.25, 0.3) is 10.1 Å². The SMILES string of the molecule is O=S(=O)(O)C[C@H](F)CN[C@H]1CCc2ccccc21. The Morgan fingerprint density at radius 2 is 2.17 bits per heavy atom. The zero-order valence-electron chi connectivity index (χ0n) is 9.84. The number of alkyl halides is 1. The Hall–Kier alpha value is -0.980. The van der Waals surface area contributed by atoms with Gasteiger partial charge in [-0.1, -0.05) is 24.3 Å². The van der Waals surface area contributed by atoms with Crippen molar-refractivity contribution < 1.29 is 17.4 Å². The fourth-order valence-electron chi connectivity index (χ4n) is 2.33. The van der Waals surface area contributed by atoms with Crippen LogP contribution in [0.2, 0.25) is 0 Å². The average Bonchev–Trinajstić information content (AvgIpc) is 2.67. The van der Waals surface area contributed by atoms with E-state index in [-0.39, 0.29) is 12.6 Å². The molecule has 18 heavy (non-hydrogen) atoms. The first kappa shape index (κ1) is 13.5. The van der Waals surface area contributed by atoms with Crippen molar-refractivity contribution in [3.63, 3.8) is 0 Å². The Labute approximate surface area is 106 Å². The van der Waals surface area contributed by atoms with Gasteiger partial charge in [-0.25, -0.2) is 4.39 Å². The average molecular weight is 273 g/mol. The van der Waals surface area contributed by atoms with Gasteiger partial charge in [0, 0.05) is 12.6 Å². The minimum atomic E-state index is -4.24. The number of benzene rings is 1. The van der Waals surface area contributed by atoms with Gasteiger partial charge in [0.05, 0.1) is 0 Å². The molecule has 0 radical (unpaired) electrons. The van der Waals surface area contributed by atoms with Crippen molar-refractivity contribution in [3.05, 3.63) is 35.4 Å². The molecule has 0 heterocycles. The Morgan fingerprint density at radius 1 is 1.44 bits per heavy atom. The van der Waals surface area contributed by atoms with Crippen molar-refractivity contribution in [1.29, 1.82) is 0 Å². The van der Waals surface area contributed by atoms with Crippen LogP contribution in [0, 0.1) is 0 Å². The lowest BCUT2D eigenvalue weighted by Crippen LogP contribution is -2.31. The largest absolute Gasteiger partial charge is 0.307 e. The van der Waals surface area contributed by atoms with Gasteiger partial charge in [-0.15, -0.1) is 0 Å². The summed E-state index contributed by atoms with van der Waals surface area (Å²) in [6.07, 6.45) is 0.244. The molecule has 1 aliphatic rings. The molecule has 0 aromatic heterocycles. The van der Waals surface area contributed by atoms with Gasteiger partial charge in [-0.05, 0) is 24.0 Å². The first-order valence-corrected chi connectivity index (χ1v) is 7.47. The van der Waals surface area contributed by atoms with E-state index in [2.05, 4.69) is 5.32 Å². The third-order valence-electron chi connectivity index (χ3n) is 3.11. The summed E-state index contributed by atoms with van der Waals surface area (Å²) in [5, 5.41) is 3.01. The van der Waals surface area contributed by atoms with Gasteiger partial charge in [0.15, 0.2) is 0 Å². The van der Waals surface area contributed by atoms with Crippen molar-refractivity contribution in [2.24, 2.45) is 0 Å². The lowest BCUT2D eigenvalue weighted by atomic mass is 10.1. The fourth-order valence-corrected chi connectivity index (χ4v) is 2.90. The molecule has 0 saturated carbocycles. The molecule has 0 bridgehead atoms. The monoisotopic (exact) mass is 273 g/mol. The fraction of sp³-hybridized carbons (Fsp3) is 0.500. The van der Waals surface area contributed by atoms with E-state index in [4.69, 9.17) is 4.55 Å². The van der Waals surface area contributed by atoms with Crippen LogP contribution >= 0.6 is 0 Å². The summed E-state index contributed by atoms with van der Waals surface area (Å²) in [5.41, 5.74) is 2.40. The van der Waals surface area contributed by atoms with E-state index in [0.717, 1.165) is 18.4 Å². The topological polar surface area (TPSA) is 66.4 Å². The van der Waals surface area contributed by atoms with E-state index < -0.39 is 22.0 Å². The van der Waals surface area contributed by atoms with E-state index in [9.17, 15) is 12.8 Å². The Morgan fingerprint density at radius 3 is 2.89 bits per heavy atom. The van der Waals surface area contributed by atoms with Crippen LogP contribution in [0.1, 0.15) is 23.6 Å². The van der Waals surface area contributed by atoms with E-state index in [0.29, 0.717) is 0 Å². The summed E-state index contributed by atoms with van der Waals surface area (Å²) in [5.74, 6) is -0.853. The predicted molar refractivity (Wildman–Crippen MR) is 66.8 cm³/mol. The van der Waals surface area contributed by atoms with Crippen LogP contribution in [0.5, 0.6) is 0 Å². The predicted octanol–water partition coefficient (Wildman–Crippen LogP) is 1.49. The quantitative estimate of drug-likeness (QED) is 0.798. The molecule has 1 aliphatic carbocycles. The molecular weight excluding hydrogens is 257 g/mol. The normalized spacial score (nSPS) is 20.7. The standard InChI is InChI=1S/C12H16FNO3S/c13-10(8-18(15,16)17)7-14-12-6-5-9-3-1-2-4-11(9)12/h1-4,10,12,14H,5-8H2,(H,15,16,17)/t10-,12+/m1/s1. The third kappa shape index (κ3) is 3.51. The maximum atomic E-state index is 13.3. The summed E-state index contributed by atoms with van der Waals surface area (Å²) in [6.45, 7) is -0.0706. The van der Waals surface area contributed by atoms with E-state index in [1.54, 1.807) is 0 Å². The zero-order valence-corrected chi connectivity index (χ0v) is 10.7. The molecule has 4 nitrogen and oxygen atoms in total. The smallest absolute Gasteiger partial charge is 0.267 e. The highest BCUT2D eigenvalue weighted by Crippen LogP contribution is 2.30. The lowest BCUT2D eigenvalue weighted by molar-refractivity contribution is 0.323. The second kappa shape index (κ2) is 5.34. The van der Waals surface area contributed by atoms with Gasteiger partial charge in [0.1, 0.15) is 11.9 Å². The van der Waals surface area contributed by atoms with Crippen molar-refractivity contribution >= 4 is 10.1 Å².